The van der Waals surface area contributed by atoms with E-state index in [4.69, 9.17) is 5.10 Å². The fourth-order valence-corrected chi connectivity index (χ4v) is 4.62. The molecule has 0 amide bonds. The Morgan fingerprint density at radius 1 is 1.10 bits per heavy atom. The van der Waals surface area contributed by atoms with E-state index in [-0.39, 0.29) is 18.8 Å². The molecule has 9 heteroatoms. The van der Waals surface area contributed by atoms with Gasteiger partial charge in [-0.05, 0) is 44.0 Å². The van der Waals surface area contributed by atoms with E-state index >= 15 is 0 Å². The summed E-state index contributed by atoms with van der Waals surface area (Å²) in [7, 11) is 0. The van der Waals surface area contributed by atoms with Crippen LogP contribution in [-0.2, 0) is 13.0 Å². The highest BCUT2D eigenvalue weighted by Crippen LogP contribution is 2.65. The first kappa shape index (κ1) is 17.6. The van der Waals surface area contributed by atoms with Crippen molar-refractivity contribution in [3.8, 4) is 22.5 Å². The molecule has 1 N–H and O–H groups in total. The Morgan fingerprint density at radius 3 is 2.60 bits per heavy atom. The van der Waals surface area contributed by atoms with Gasteiger partial charge in [-0.15, -0.1) is 0 Å². The number of H-pyrrole nitrogens is 1. The largest absolute Gasteiger partial charge is 0.267 e. The second-order valence-electron chi connectivity index (χ2n) is 8.25. The van der Waals surface area contributed by atoms with E-state index in [2.05, 4.69) is 20.2 Å². The Bertz CT molecular complexity index is 1310. The minimum Gasteiger partial charge on any atom is -0.267 e. The third kappa shape index (κ3) is 2.37. The van der Waals surface area contributed by atoms with Gasteiger partial charge >= 0.3 is 0 Å². The number of hydrogen-bond acceptors (Lipinski definition) is 4. The predicted octanol–water partition coefficient (Wildman–Crippen LogP) is 4.30. The Hall–Kier alpha value is -3.23. The van der Waals surface area contributed by atoms with Crippen LogP contribution in [0.1, 0.15) is 24.4 Å². The molecule has 1 spiro atoms. The molecule has 1 aromatic carbocycles. The summed E-state index contributed by atoms with van der Waals surface area (Å²) in [5.74, 6) is -2.43. The zero-order chi connectivity index (χ0) is 20.7. The Balaban J connectivity index is 1.61. The normalized spacial score (nSPS) is 21.9. The smallest absolute Gasteiger partial charge is 0.256 e. The third-order valence-electron chi connectivity index (χ3n) is 6.34. The van der Waals surface area contributed by atoms with Gasteiger partial charge in [0.15, 0.2) is 5.65 Å². The molecule has 1 atom stereocenters. The number of fused-ring (bicyclic) bond motifs is 2. The second kappa shape index (κ2) is 5.68. The van der Waals surface area contributed by atoms with Crippen LogP contribution >= 0.6 is 0 Å². The molecular formula is C21H17F3N6. The Kier molecular flexibility index (Phi) is 3.33. The average Bonchev–Trinajstić information content (AvgIpc) is 3.08. The van der Waals surface area contributed by atoms with E-state index in [9.17, 15) is 13.2 Å². The minimum absolute atomic E-state index is 0.0981. The van der Waals surface area contributed by atoms with Crippen LogP contribution in [-0.4, -0.2) is 35.9 Å². The first-order chi connectivity index (χ1) is 14.4. The van der Waals surface area contributed by atoms with Crippen LogP contribution < -0.4 is 0 Å². The van der Waals surface area contributed by atoms with Crippen molar-refractivity contribution in [1.82, 2.24) is 29.9 Å². The number of nitrogens with zero attached hydrogens (tertiary/aromatic N) is 5. The van der Waals surface area contributed by atoms with Gasteiger partial charge in [-0.3, -0.25) is 9.78 Å². The summed E-state index contributed by atoms with van der Waals surface area (Å²) in [6, 6.07) is 6.03. The summed E-state index contributed by atoms with van der Waals surface area (Å²) in [5, 5.41) is 12.4. The highest BCUT2D eigenvalue weighted by molar-refractivity contribution is 5.95. The van der Waals surface area contributed by atoms with Crippen LogP contribution in [0.25, 0.3) is 33.5 Å². The van der Waals surface area contributed by atoms with Crippen LogP contribution in [0.3, 0.4) is 0 Å². The number of nitrogens with one attached hydrogen (secondary N) is 1. The van der Waals surface area contributed by atoms with Gasteiger partial charge in [-0.1, -0.05) is 0 Å². The van der Waals surface area contributed by atoms with Gasteiger partial charge in [0.25, 0.3) is 5.92 Å². The van der Waals surface area contributed by atoms with Crippen LogP contribution in [0.4, 0.5) is 13.2 Å². The lowest BCUT2D eigenvalue weighted by molar-refractivity contribution is 0.0462. The van der Waals surface area contributed by atoms with E-state index < -0.39 is 11.3 Å². The quantitative estimate of drug-likeness (QED) is 0.535. The third-order valence-corrected chi connectivity index (χ3v) is 6.34. The molecule has 1 fully saturated rings. The average molecular weight is 410 g/mol. The lowest BCUT2D eigenvalue weighted by Crippen LogP contribution is -2.27. The van der Waals surface area contributed by atoms with Gasteiger partial charge in [0.1, 0.15) is 17.3 Å². The summed E-state index contributed by atoms with van der Waals surface area (Å²) in [6.45, 7) is 1.96. The molecule has 6 rings (SSSR count). The van der Waals surface area contributed by atoms with E-state index in [1.807, 2.05) is 0 Å². The molecule has 1 unspecified atom stereocenters. The van der Waals surface area contributed by atoms with Gasteiger partial charge < -0.3 is 0 Å². The molecule has 1 saturated carbocycles. The molecule has 1 aliphatic carbocycles. The number of rotatable bonds is 2. The van der Waals surface area contributed by atoms with E-state index in [1.54, 1.807) is 29.9 Å². The van der Waals surface area contributed by atoms with Crippen molar-refractivity contribution in [2.45, 2.75) is 38.7 Å². The Morgan fingerprint density at radius 2 is 1.87 bits per heavy atom. The van der Waals surface area contributed by atoms with Crippen molar-refractivity contribution in [3.05, 3.63) is 47.8 Å². The van der Waals surface area contributed by atoms with E-state index in [0.29, 0.717) is 41.3 Å². The molecular weight excluding hydrogens is 393 g/mol. The number of aromatic nitrogens is 6. The van der Waals surface area contributed by atoms with Crippen LogP contribution in [0.5, 0.6) is 0 Å². The number of aromatic amines is 1. The van der Waals surface area contributed by atoms with Gasteiger partial charge in [-0.25, -0.2) is 23.1 Å². The molecule has 30 heavy (non-hydrogen) atoms. The van der Waals surface area contributed by atoms with Crippen molar-refractivity contribution >= 4 is 11.0 Å². The molecule has 6 nitrogen and oxygen atoms in total. The van der Waals surface area contributed by atoms with Crippen LogP contribution in [0, 0.1) is 18.2 Å². The minimum atomic E-state index is -2.64. The number of hydrogen-bond donors (Lipinski definition) is 1. The fraction of sp³-hybridized carbons (Fsp3) is 0.333. The summed E-state index contributed by atoms with van der Waals surface area (Å²) in [6.07, 6.45) is 2.43. The summed E-state index contributed by atoms with van der Waals surface area (Å²) in [4.78, 5) is 9.04. The summed E-state index contributed by atoms with van der Waals surface area (Å²) < 4.78 is 43.4. The molecule has 0 saturated heterocycles. The maximum absolute atomic E-state index is 14.1. The zero-order valence-electron chi connectivity index (χ0n) is 16.1. The van der Waals surface area contributed by atoms with Gasteiger partial charge in [0.2, 0.25) is 0 Å². The maximum atomic E-state index is 14.1. The first-order valence-corrected chi connectivity index (χ1v) is 9.78. The highest BCUT2D eigenvalue weighted by atomic mass is 19.3. The fourth-order valence-electron chi connectivity index (χ4n) is 4.62. The van der Waals surface area contributed by atoms with Crippen molar-refractivity contribution in [2.24, 2.45) is 5.41 Å². The lowest BCUT2D eigenvalue weighted by Gasteiger charge is -2.24. The number of halogens is 3. The van der Waals surface area contributed by atoms with Gasteiger partial charge in [0.05, 0.1) is 34.8 Å². The van der Waals surface area contributed by atoms with E-state index in [0.717, 1.165) is 16.6 Å². The lowest BCUT2D eigenvalue weighted by atomic mass is 9.91. The van der Waals surface area contributed by atoms with Crippen molar-refractivity contribution in [2.75, 3.05) is 0 Å². The maximum Gasteiger partial charge on any atom is 0.256 e. The van der Waals surface area contributed by atoms with Gasteiger partial charge in [-0.2, -0.15) is 10.2 Å². The van der Waals surface area contributed by atoms with Crippen LogP contribution in [0.15, 0.2) is 30.5 Å². The predicted molar refractivity (Wildman–Crippen MR) is 103 cm³/mol. The molecule has 2 aliphatic rings. The monoisotopic (exact) mass is 410 g/mol. The summed E-state index contributed by atoms with van der Waals surface area (Å²) in [5.41, 5.74) is 3.20. The number of benzene rings is 1. The van der Waals surface area contributed by atoms with Crippen molar-refractivity contribution < 1.29 is 13.2 Å². The molecule has 0 radical (unpaired) electrons. The molecule has 3 aromatic heterocycles. The first-order valence-electron chi connectivity index (χ1n) is 9.78. The van der Waals surface area contributed by atoms with Crippen molar-refractivity contribution in [1.29, 1.82) is 0 Å². The molecule has 4 heterocycles. The topological polar surface area (TPSA) is 72.3 Å². The molecule has 0 bridgehead atoms. The summed E-state index contributed by atoms with van der Waals surface area (Å²) >= 11 is 0. The number of alkyl halides is 2. The zero-order valence-corrected chi connectivity index (χ0v) is 16.1. The SMILES string of the molecule is Cc1nc(-c2c(-c3ccc(F)cc3)nn3c2CCC2(C3)CC2(F)F)c2cn[nH]c2n1. The van der Waals surface area contributed by atoms with E-state index in [1.165, 1.54) is 12.1 Å². The Labute approximate surface area is 169 Å². The molecule has 1 aliphatic heterocycles. The van der Waals surface area contributed by atoms with Crippen molar-refractivity contribution in [3.63, 3.8) is 0 Å². The molecule has 152 valence electrons. The highest BCUT2D eigenvalue weighted by Gasteiger charge is 2.71. The molecule has 4 aromatic rings. The van der Waals surface area contributed by atoms with Crippen LogP contribution in [0.2, 0.25) is 0 Å². The second-order valence-corrected chi connectivity index (χ2v) is 8.25. The standard InChI is InChI=1S/C21H17F3N6/c1-11-26-18(14-8-25-28-19(14)27-11)16-15-6-7-20(9-21(20,23)24)10-30(15)29-17(16)12-2-4-13(22)5-3-12/h2-5,8H,6-7,9-10H2,1H3,(H,25,26,27,28). The van der Waals surface area contributed by atoms with Gasteiger partial charge in [0, 0.05) is 17.7 Å². The number of aryl methyl sites for hydroxylation is 1.